The lowest BCUT2D eigenvalue weighted by Gasteiger charge is -2.34. The molecule has 96 valence electrons. The fourth-order valence-corrected chi connectivity index (χ4v) is 3.17. The van der Waals surface area contributed by atoms with Crippen LogP contribution in [0.2, 0.25) is 0 Å². The molecule has 0 aliphatic heterocycles. The Morgan fingerprint density at radius 2 is 1.89 bits per heavy atom. The average Bonchev–Trinajstić information content (AvgIpc) is 2.69. The second-order valence-electron chi connectivity index (χ2n) is 5.62. The topological polar surface area (TPSA) is 53.6 Å². The second kappa shape index (κ2) is 3.84. The number of rotatable bonds is 1. The van der Waals surface area contributed by atoms with Gasteiger partial charge in [-0.1, -0.05) is 19.9 Å². The predicted molar refractivity (Wildman–Crippen MR) is 69.5 cm³/mol. The van der Waals surface area contributed by atoms with E-state index in [1.807, 2.05) is 13.0 Å². The third kappa shape index (κ3) is 1.44. The van der Waals surface area contributed by atoms with Crippen molar-refractivity contribution in [3.63, 3.8) is 0 Å². The van der Waals surface area contributed by atoms with E-state index in [-0.39, 0.29) is 11.8 Å². The molecule has 0 saturated carbocycles. The molecule has 0 fully saturated rings. The van der Waals surface area contributed by atoms with Crippen LogP contribution in [-0.4, -0.2) is 16.3 Å². The van der Waals surface area contributed by atoms with Gasteiger partial charge in [-0.2, -0.15) is 0 Å². The van der Waals surface area contributed by atoms with E-state index in [9.17, 15) is 10.2 Å². The highest BCUT2D eigenvalue weighted by Gasteiger charge is 2.39. The minimum Gasteiger partial charge on any atom is -0.464 e. The number of hydrogen-bond acceptors (Lipinski definition) is 3. The molecular formula is C15H18O3. The summed E-state index contributed by atoms with van der Waals surface area (Å²) in [7, 11) is 0. The van der Waals surface area contributed by atoms with Crippen LogP contribution < -0.4 is 0 Å². The van der Waals surface area contributed by atoms with Gasteiger partial charge in [-0.25, -0.2) is 0 Å². The van der Waals surface area contributed by atoms with Crippen LogP contribution in [0.5, 0.6) is 0 Å². The number of aliphatic hydroxyl groups excluding tert-OH is 2. The Balaban J connectivity index is 2.35. The molecule has 2 aromatic rings. The van der Waals surface area contributed by atoms with Crippen molar-refractivity contribution in [2.45, 2.75) is 38.9 Å². The van der Waals surface area contributed by atoms with Gasteiger partial charge >= 0.3 is 0 Å². The maximum atomic E-state index is 10.3. The van der Waals surface area contributed by atoms with Crippen LogP contribution in [0.3, 0.4) is 0 Å². The lowest BCUT2D eigenvalue weighted by Crippen LogP contribution is -2.32. The zero-order chi connectivity index (χ0) is 13.0. The van der Waals surface area contributed by atoms with Crippen LogP contribution in [0.25, 0.3) is 11.0 Å². The molecule has 1 aliphatic carbocycles. The molecule has 0 bridgehead atoms. The average molecular weight is 246 g/mol. The monoisotopic (exact) mass is 246 g/mol. The van der Waals surface area contributed by atoms with Crippen LogP contribution in [0.4, 0.5) is 0 Å². The number of benzene rings is 1. The summed E-state index contributed by atoms with van der Waals surface area (Å²) >= 11 is 0. The van der Waals surface area contributed by atoms with E-state index < -0.39 is 12.2 Å². The van der Waals surface area contributed by atoms with E-state index in [1.54, 1.807) is 6.26 Å². The third-order valence-electron chi connectivity index (χ3n) is 3.97. The number of hydrogen-bond donors (Lipinski definition) is 2. The lowest BCUT2D eigenvalue weighted by molar-refractivity contribution is -0.0110. The molecule has 1 heterocycles. The SMILES string of the molecule is Cc1cc2c3c(coc3c1)[C@@H](O)[C@@H](O)[C@@H]2C(C)C. The van der Waals surface area contributed by atoms with Crippen LogP contribution in [-0.2, 0) is 0 Å². The second-order valence-corrected chi connectivity index (χ2v) is 5.62. The van der Waals surface area contributed by atoms with Crippen LogP contribution >= 0.6 is 0 Å². The summed E-state index contributed by atoms with van der Waals surface area (Å²) in [5.41, 5.74) is 3.73. The highest BCUT2D eigenvalue weighted by molar-refractivity contribution is 5.87. The molecule has 0 amide bonds. The summed E-state index contributed by atoms with van der Waals surface area (Å²) in [4.78, 5) is 0. The summed E-state index contributed by atoms with van der Waals surface area (Å²) in [6.45, 7) is 6.16. The Morgan fingerprint density at radius 3 is 2.56 bits per heavy atom. The first-order chi connectivity index (χ1) is 8.50. The summed E-state index contributed by atoms with van der Waals surface area (Å²) in [5.74, 6) is 0.218. The third-order valence-corrected chi connectivity index (χ3v) is 3.97. The van der Waals surface area contributed by atoms with Gasteiger partial charge in [-0.3, -0.25) is 0 Å². The molecule has 3 heteroatoms. The zero-order valence-corrected chi connectivity index (χ0v) is 10.8. The van der Waals surface area contributed by atoms with E-state index >= 15 is 0 Å². The summed E-state index contributed by atoms with van der Waals surface area (Å²) in [6, 6.07) is 4.07. The fourth-order valence-electron chi connectivity index (χ4n) is 3.17. The van der Waals surface area contributed by atoms with Crippen molar-refractivity contribution in [3.05, 3.63) is 35.1 Å². The Kier molecular flexibility index (Phi) is 2.50. The number of furan rings is 1. The normalized spacial score (nSPS) is 27.1. The summed E-state index contributed by atoms with van der Waals surface area (Å²) in [6.07, 6.45) is -0.0492. The quantitative estimate of drug-likeness (QED) is 0.813. The number of aliphatic hydroxyl groups is 2. The standard InChI is InChI=1S/C15H18O3/c1-7(2)12-9-4-8(3)5-11-13(9)10(6-18-11)14(16)15(12)17/h4-7,12,14-17H,1-3H3/t12-,14-,15+/m1/s1. The minimum absolute atomic E-state index is 0.0486. The van der Waals surface area contributed by atoms with E-state index in [2.05, 4.69) is 19.9 Å². The molecule has 18 heavy (non-hydrogen) atoms. The smallest absolute Gasteiger partial charge is 0.134 e. The largest absolute Gasteiger partial charge is 0.464 e. The van der Waals surface area contributed by atoms with Gasteiger partial charge in [-0.05, 0) is 30.0 Å². The van der Waals surface area contributed by atoms with E-state index in [0.717, 1.165) is 22.1 Å². The Morgan fingerprint density at radius 1 is 1.17 bits per heavy atom. The molecule has 0 saturated heterocycles. The molecule has 3 nitrogen and oxygen atoms in total. The van der Waals surface area contributed by atoms with Gasteiger partial charge in [0.25, 0.3) is 0 Å². The first-order valence-electron chi connectivity index (χ1n) is 6.38. The fraction of sp³-hybridized carbons (Fsp3) is 0.467. The van der Waals surface area contributed by atoms with E-state index in [1.165, 1.54) is 0 Å². The van der Waals surface area contributed by atoms with Gasteiger partial charge in [0.05, 0.1) is 12.4 Å². The molecule has 3 atom stereocenters. The van der Waals surface area contributed by atoms with Crippen molar-refractivity contribution in [3.8, 4) is 0 Å². The zero-order valence-electron chi connectivity index (χ0n) is 10.8. The van der Waals surface area contributed by atoms with Crippen LogP contribution in [0, 0.1) is 12.8 Å². The van der Waals surface area contributed by atoms with E-state index in [0.29, 0.717) is 5.56 Å². The molecule has 1 aliphatic rings. The van der Waals surface area contributed by atoms with Crippen molar-refractivity contribution < 1.29 is 14.6 Å². The first-order valence-corrected chi connectivity index (χ1v) is 6.38. The Labute approximate surface area is 106 Å². The van der Waals surface area contributed by atoms with Crippen LogP contribution in [0.1, 0.15) is 42.6 Å². The van der Waals surface area contributed by atoms with Gasteiger partial charge in [-0.15, -0.1) is 0 Å². The Bertz CT molecular complexity index is 597. The maximum Gasteiger partial charge on any atom is 0.134 e. The highest BCUT2D eigenvalue weighted by Crippen LogP contribution is 2.46. The maximum absolute atomic E-state index is 10.3. The van der Waals surface area contributed by atoms with Crippen molar-refractivity contribution in [2.24, 2.45) is 5.92 Å². The molecular weight excluding hydrogens is 228 g/mol. The number of aryl methyl sites for hydroxylation is 1. The van der Waals surface area contributed by atoms with Crippen molar-refractivity contribution in [2.75, 3.05) is 0 Å². The molecule has 1 aromatic heterocycles. The van der Waals surface area contributed by atoms with Gasteiger partial charge < -0.3 is 14.6 Å². The molecule has 1 aromatic carbocycles. The lowest BCUT2D eigenvalue weighted by atomic mass is 9.74. The van der Waals surface area contributed by atoms with Gasteiger partial charge in [0.2, 0.25) is 0 Å². The first kappa shape index (κ1) is 11.8. The Hall–Kier alpha value is -1.32. The molecule has 0 unspecified atom stereocenters. The molecule has 0 radical (unpaired) electrons. The van der Waals surface area contributed by atoms with Crippen LogP contribution in [0.15, 0.2) is 22.8 Å². The summed E-state index contributed by atoms with van der Waals surface area (Å²) < 4.78 is 5.52. The van der Waals surface area contributed by atoms with Gasteiger partial charge in [0.15, 0.2) is 0 Å². The predicted octanol–water partition coefficient (Wildman–Crippen LogP) is 2.89. The van der Waals surface area contributed by atoms with Crippen molar-refractivity contribution in [1.82, 2.24) is 0 Å². The highest BCUT2D eigenvalue weighted by atomic mass is 16.3. The molecule has 3 rings (SSSR count). The molecule has 0 spiro atoms. The summed E-state index contributed by atoms with van der Waals surface area (Å²) in [5, 5.41) is 21.5. The van der Waals surface area contributed by atoms with Crippen molar-refractivity contribution >= 4 is 11.0 Å². The van der Waals surface area contributed by atoms with E-state index in [4.69, 9.17) is 4.42 Å². The minimum atomic E-state index is -0.853. The molecule has 2 N–H and O–H groups in total. The van der Waals surface area contributed by atoms with Crippen molar-refractivity contribution in [1.29, 1.82) is 0 Å². The van der Waals surface area contributed by atoms with Gasteiger partial charge in [0.1, 0.15) is 11.7 Å². The van der Waals surface area contributed by atoms with Gasteiger partial charge in [0, 0.05) is 16.9 Å².